The maximum atomic E-state index is 11.1. The maximum absolute atomic E-state index is 11.1. The van der Waals surface area contributed by atoms with Gasteiger partial charge in [0.2, 0.25) is 5.91 Å². The largest absolute Gasteiger partial charge is 0.369 e. The Morgan fingerprint density at radius 3 is 2.45 bits per heavy atom. The third-order valence-electron chi connectivity index (χ3n) is 6.51. The fourth-order valence-corrected chi connectivity index (χ4v) is 4.80. The molecule has 1 heterocycles. The number of rotatable bonds is 8. The van der Waals surface area contributed by atoms with E-state index in [4.69, 9.17) is 5.73 Å². The molecule has 31 heavy (non-hydrogen) atoms. The van der Waals surface area contributed by atoms with Crippen molar-refractivity contribution in [2.24, 2.45) is 10.7 Å². The van der Waals surface area contributed by atoms with Crippen LogP contribution in [0.4, 0.5) is 0 Å². The molecule has 1 aliphatic carbocycles. The fraction of sp³-hybridized carbons (Fsp3) is 0.652. The summed E-state index contributed by atoms with van der Waals surface area (Å²) in [5, 5.41) is 11.1. The van der Waals surface area contributed by atoms with E-state index in [2.05, 4.69) is 63.1 Å². The Morgan fingerprint density at radius 1 is 1.23 bits per heavy atom. The summed E-state index contributed by atoms with van der Waals surface area (Å²) in [5.74, 6) is 0.613. The highest BCUT2D eigenvalue weighted by Gasteiger charge is 2.35. The second kappa shape index (κ2) is 12.6. The van der Waals surface area contributed by atoms with Gasteiger partial charge in [0, 0.05) is 44.3 Å². The van der Waals surface area contributed by atoms with Gasteiger partial charge >= 0.3 is 0 Å². The number of aliphatic imine (C=N–C) groups is 1. The lowest BCUT2D eigenvalue weighted by Gasteiger charge is -2.36. The van der Waals surface area contributed by atoms with Gasteiger partial charge in [-0.2, -0.15) is 0 Å². The van der Waals surface area contributed by atoms with Crippen molar-refractivity contribution >= 4 is 35.8 Å². The molecule has 8 heteroatoms. The molecule has 1 unspecified atom stereocenters. The van der Waals surface area contributed by atoms with E-state index in [1.54, 1.807) is 0 Å². The summed E-state index contributed by atoms with van der Waals surface area (Å²) in [6.07, 6.45) is 6.87. The van der Waals surface area contributed by atoms with Crippen LogP contribution in [-0.4, -0.2) is 61.6 Å². The first-order chi connectivity index (χ1) is 14.5. The minimum Gasteiger partial charge on any atom is -0.369 e. The summed E-state index contributed by atoms with van der Waals surface area (Å²) >= 11 is 0. The number of guanidine groups is 1. The molecule has 1 saturated carbocycles. The Balaban J connectivity index is 0.00000341. The fourth-order valence-electron chi connectivity index (χ4n) is 4.80. The number of nitrogens with two attached hydrogens (primary N) is 1. The number of benzene rings is 1. The van der Waals surface area contributed by atoms with Crippen molar-refractivity contribution in [1.82, 2.24) is 20.9 Å². The van der Waals surface area contributed by atoms with Crippen LogP contribution in [0.2, 0.25) is 0 Å². The average Bonchev–Trinajstić information content (AvgIpc) is 3.21. The lowest BCUT2D eigenvalue weighted by atomic mass is 9.94. The van der Waals surface area contributed by atoms with E-state index in [0.29, 0.717) is 18.6 Å². The van der Waals surface area contributed by atoms with Gasteiger partial charge in [0.1, 0.15) is 0 Å². The first kappa shape index (κ1) is 25.9. The van der Waals surface area contributed by atoms with Gasteiger partial charge in [0.15, 0.2) is 5.96 Å². The van der Waals surface area contributed by atoms with Crippen molar-refractivity contribution in [2.45, 2.75) is 63.1 Å². The second-order valence-corrected chi connectivity index (χ2v) is 8.85. The molecule has 174 valence electrons. The lowest BCUT2D eigenvalue weighted by Crippen LogP contribution is -2.56. The Hall–Kier alpha value is -1.39. The first-order valence-electron chi connectivity index (χ1n) is 11.3. The number of amides is 1. The molecular formula is C23H39IN6O. The van der Waals surface area contributed by atoms with Gasteiger partial charge in [-0.15, -0.1) is 24.0 Å². The molecule has 5 N–H and O–H groups in total. The minimum absolute atomic E-state index is 0. The second-order valence-electron chi connectivity index (χ2n) is 8.85. The molecule has 0 bridgehead atoms. The predicted octanol–water partition coefficient (Wildman–Crippen LogP) is 2.38. The quantitative estimate of drug-likeness (QED) is 0.230. The van der Waals surface area contributed by atoms with E-state index in [9.17, 15) is 4.79 Å². The summed E-state index contributed by atoms with van der Waals surface area (Å²) in [6, 6.07) is 11.3. The third-order valence-corrected chi connectivity index (χ3v) is 6.51. The van der Waals surface area contributed by atoms with Crippen molar-refractivity contribution in [2.75, 3.05) is 33.2 Å². The Bertz CT molecular complexity index is 699. The van der Waals surface area contributed by atoms with Crippen LogP contribution < -0.4 is 21.7 Å². The Labute approximate surface area is 204 Å². The molecule has 2 aliphatic rings. The van der Waals surface area contributed by atoms with E-state index >= 15 is 0 Å². The molecule has 0 spiro atoms. The molecule has 3 rings (SSSR count). The zero-order valence-electron chi connectivity index (χ0n) is 18.9. The van der Waals surface area contributed by atoms with Crippen LogP contribution in [0.1, 0.15) is 57.1 Å². The Kier molecular flexibility index (Phi) is 10.5. The normalized spacial score (nSPS) is 20.6. The third kappa shape index (κ3) is 7.91. The molecule has 0 radical (unpaired) electrons. The highest BCUT2D eigenvalue weighted by Crippen LogP contribution is 2.31. The van der Waals surface area contributed by atoms with Gasteiger partial charge in [0.25, 0.3) is 0 Å². The van der Waals surface area contributed by atoms with E-state index < -0.39 is 0 Å². The highest BCUT2D eigenvalue weighted by atomic mass is 127. The molecule has 7 nitrogen and oxygen atoms in total. The zero-order chi connectivity index (χ0) is 21.4. The standard InChI is InChI=1S/C23H38N6O.HI/c1-18(19-8-4-3-5-9-19)28-23(12-6-7-13-23)17-26-22(25-2)27-20-10-14-29(15-11-20)16-21(24)30;/h3-5,8-9,18,20,28H,6-7,10-17H2,1-2H3,(H2,24,30)(H2,25,26,27);1H. The van der Waals surface area contributed by atoms with Crippen LogP contribution >= 0.6 is 24.0 Å². The summed E-state index contributed by atoms with van der Waals surface area (Å²) in [6.45, 7) is 5.25. The summed E-state index contributed by atoms with van der Waals surface area (Å²) < 4.78 is 0. The molecular weight excluding hydrogens is 503 g/mol. The number of nitrogens with zero attached hydrogens (tertiary/aromatic N) is 2. The van der Waals surface area contributed by atoms with Gasteiger partial charge in [-0.05, 0) is 38.2 Å². The molecule has 1 atom stereocenters. The van der Waals surface area contributed by atoms with E-state index in [0.717, 1.165) is 38.4 Å². The molecule has 1 aliphatic heterocycles. The summed E-state index contributed by atoms with van der Waals surface area (Å²) in [7, 11) is 1.83. The van der Waals surface area contributed by atoms with Crippen LogP contribution in [0, 0.1) is 0 Å². The van der Waals surface area contributed by atoms with E-state index in [-0.39, 0.29) is 35.4 Å². The van der Waals surface area contributed by atoms with Gasteiger partial charge in [0.05, 0.1) is 6.54 Å². The van der Waals surface area contributed by atoms with Crippen LogP contribution in [0.3, 0.4) is 0 Å². The van der Waals surface area contributed by atoms with Crippen molar-refractivity contribution in [3.8, 4) is 0 Å². The number of likely N-dealkylation sites (tertiary alicyclic amines) is 1. The van der Waals surface area contributed by atoms with Crippen molar-refractivity contribution < 1.29 is 4.79 Å². The van der Waals surface area contributed by atoms with Crippen LogP contribution in [0.15, 0.2) is 35.3 Å². The predicted molar refractivity (Wildman–Crippen MR) is 138 cm³/mol. The Morgan fingerprint density at radius 2 is 1.87 bits per heavy atom. The monoisotopic (exact) mass is 542 g/mol. The van der Waals surface area contributed by atoms with Crippen LogP contribution in [-0.2, 0) is 4.79 Å². The number of piperidine rings is 1. The highest BCUT2D eigenvalue weighted by molar-refractivity contribution is 14.0. The topological polar surface area (TPSA) is 94.8 Å². The first-order valence-corrected chi connectivity index (χ1v) is 11.3. The number of hydrogen-bond donors (Lipinski definition) is 4. The average molecular weight is 543 g/mol. The number of halogens is 1. The molecule has 1 saturated heterocycles. The molecule has 1 amide bonds. The minimum atomic E-state index is -0.252. The van der Waals surface area contributed by atoms with E-state index in [1.807, 2.05) is 7.05 Å². The molecule has 0 aromatic heterocycles. The molecule has 1 aromatic rings. The van der Waals surface area contributed by atoms with E-state index in [1.165, 1.54) is 31.2 Å². The van der Waals surface area contributed by atoms with Gasteiger partial charge in [-0.3, -0.25) is 14.7 Å². The van der Waals surface area contributed by atoms with Crippen molar-refractivity contribution in [1.29, 1.82) is 0 Å². The number of nitrogens with one attached hydrogen (secondary N) is 3. The van der Waals surface area contributed by atoms with Crippen molar-refractivity contribution in [3.05, 3.63) is 35.9 Å². The summed E-state index contributed by atoms with van der Waals surface area (Å²) in [4.78, 5) is 17.7. The van der Waals surface area contributed by atoms with Gasteiger partial charge < -0.3 is 21.7 Å². The van der Waals surface area contributed by atoms with Crippen molar-refractivity contribution in [3.63, 3.8) is 0 Å². The summed E-state index contributed by atoms with van der Waals surface area (Å²) in [5.41, 5.74) is 6.73. The van der Waals surface area contributed by atoms with Gasteiger partial charge in [-0.25, -0.2) is 0 Å². The number of carbonyl (C=O) groups is 1. The number of primary amides is 1. The van der Waals surface area contributed by atoms with Gasteiger partial charge in [-0.1, -0.05) is 43.2 Å². The zero-order valence-corrected chi connectivity index (χ0v) is 21.2. The maximum Gasteiger partial charge on any atom is 0.231 e. The lowest BCUT2D eigenvalue weighted by molar-refractivity contribution is -0.119. The SMILES string of the molecule is CN=C(NCC1(NC(C)c2ccccc2)CCCC1)NC1CCN(CC(N)=O)CC1.I. The molecule has 2 fully saturated rings. The number of hydrogen-bond acceptors (Lipinski definition) is 4. The van der Waals surface area contributed by atoms with Crippen LogP contribution in [0.25, 0.3) is 0 Å². The number of carbonyl (C=O) groups excluding carboxylic acids is 1. The van der Waals surface area contributed by atoms with Crippen LogP contribution in [0.5, 0.6) is 0 Å². The smallest absolute Gasteiger partial charge is 0.231 e. The molecule has 1 aromatic carbocycles.